The van der Waals surface area contributed by atoms with Gasteiger partial charge in [0.05, 0.1) is 5.69 Å². The Bertz CT molecular complexity index is 979. The summed E-state index contributed by atoms with van der Waals surface area (Å²) >= 11 is 5.93. The lowest BCUT2D eigenvalue weighted by atomic mass is 10.0. The molecule has 0 bridgehead atoms. The molecule has 1 aromatic heterocycles. The van der Waals surface area contributed by atoms with Crippen molar-refractivity contribution in [3.63, 3.8) is 0 Å². The van der Waals surface area contributed by atoms with Crippen LogP contribution in [0.5, 0.6) is 0 Å². The molecule has 4 heteroatoms. The smallest absolute Gasteiger partial charge is 0.145 e. The van der Waals surface area contributed by atoms with Crippen molar-refractivity contribution in [2.75, 3.05) is 13.1 Å². The van der Waals surface area contributed by atoms with Crippen LogP contribution in [-0.2, 0) is 19.4 Å². The zero-order valence-electron chi connectivity index (χ0n) is 16.8. The molecule has 2 nitrogen and oxygen atoms in total. The van der Waals surface area contributed by atoms with E-state index in [1.807, 2.05) is 12.1 Å². The molecule has 0 N–H and O–H groups in total. The molecular formula is C25H26ClFN2. The second kappa shape index (κ2) is 9.06. The number of halogens is 2. The molecule has 0 amide bonds. The fourth-order valence-corrected chi connectivity index (χ4v) is 4.11. The second-order valence-corrected chi connectivity index (χ2v) is 8.34. The molecule has 2 heterocycles. The van der Waals surface area contributed by atoms with Crippen molar-refractivity contribution >= 4 is 11.6 Å². The van der Waals surface area contributed by atoms with E-state index in [2.05, 4.69) is 35.0 Å². The van der Waals surface area contributed by atoms with Crippen LogP contribution in [0.15, 0.2) is 54.7 Å². The first-order valence-corrected chi connectivity index (χ1v) is 10.7. The number of hydrogen-bond donors (Lipinski definition) is 0. The lowest BCUT2D eigenvalue weighted by molar-refractivity contribution is 0.330. The summed E-state index contributed by atoms with van der Waals surface area (Å²) in [5.41, 5.74) is 6.15. The molecule has 0 spiro atoms. The molecular weight excluding hydrogens is 383 g/mol. The van der Waals surface area contributed by atoms with Crippen LogP contribution < -0.4 is 0 Å². The van der Waals surface area contributed by atoms with Gasteiger partial charge < -0.3 is 0 Å². The second-order valence-electron chi connectivity index (χ2n) is 7.90. The molecule has 3 aromatic rings. The summed E-state index contributed by atoms with van der Waals surface area (Å²) in [5, 5.41) is 0.667. The van der Waals surface area contributed by atoms with Gasteiger partial charge in [-0.15, -0.1) is 0 Å². The first-order chi connectivity index (χ1) is 14.1. The third kappa shape index (κ3) is 5.04. The first-order valence-electron chi connectivity index (χ1n) is 10.3. The van der Waals surface area contributed by atoms with Gasteiger partial charge in [0.2, 0.25) is 0 Å². The highest BCUT2D eigenvalue weighted by Gasteiger charge is 2.13. The van der Waals surface area contributed by atoms with E-state index in [0.717, 1.165) is 24.1 Å². The number of hydrogen-bond acceptors (Lipinski definition) is 2. The minimum absolute atomic E-state index is 0.250. The predicted molar refractivity (Wildman–Crippen MR) is 118 cm³/mol. The zero-order chi connectivity index (χ0) is 20.2. The van der Waals surface area contributed by atoms with Crippen molar-refractivity contribution in [2.24, 2.45) is 0 Å². The largest absolute Gasteiger partial charge is 0.299 e. The molecule has 1 fully saturated rings. The fraction of sp³-hybridized carbons (Fsp3) is 0.320. The molecule has 2 aromatic carbocycles. The SMILES string of the molecule is Cc1cc(CCc2ncc(-c3ccc(Cl)cc3)cc2F)ccc1CN1CCCC1. The Balaban J connectivity index is 1.40. The van der Waals surface area contributed by atoms with Crippen LogP contribution in [0.2, 0.25) is 5.02 Å². The zero-order valence-corrected chi connectivity index (χ0v) is 17.6. The standard InChI is InChI=1S/C25H26ClFN2/c1-18-14-19(4-6-21(18)17-29-12-2-3-13-29)5-11-25-24(27)15-22(16-28-25)20-7-9-23(26)10-8-20/h4,6-10,14-16H,2-3,5,11-13,17H2,1H3. The van der Waals surface area contributed by atoms with Crippen molar-refractivity contribution in [3.8, 4) is 11.1 Å². The van der Waals surface area contributed by atoms with E-state index in [1.165, 1.54) is 42.6 Å². The molecule has 0 aliphatic carbocycles. The molecule has 0 atom stereocenters. The van der Waals surface area contributed by atoms with Gasteiger partial charge in [0, 0.05) is 23.3 Å². The van der Waals surface area contributed by atoms with E-state index in [4.69, 9.17) is 11.6 Å². The van der Waals surface area contributed by atoms with Gasteiger partial charge in [-0.2, -0.15) is 0 Å². The third-order valence-electron chi connectivity index (χ3n) is 5.75. The highest BCUT2D eigenvalue weighted by molar-refractivity contribution is 6.30. The number of rotatable bonds is 6. The van der Waals surface area contributed by atoms with Crippen LogP contribution in [0.3, 0.4) is 0 Å². The predicted octanol–water partition coefficient (Wildman–Crippen LogP) is 6.23. The Morgan fingerprint density at radius 2 is 1.72 bits per heavy atom. The molecule has 29 heavy (non-hydrogen) atoms. The van der Waals surface area contributed by atoms with Crippen molar-refractivity contribution in [3.05, 3.63) is 88.0 Å². The normalized spacial score (nSPS) is 14.4. The Morgan fingerprint density at radius 3 is 2.41 bits per heavy atom. The van der Waals surface area contributed by atoms with Crippen LogP contribution in [-0.4, -0.2) is 23.0 Å². The molecule has 0 radical (unpaired) electrons. The van der Waals surface area contributed by atoms with E-state index in [-0.39, 0.29) is 5.82 Å². The highest BCUT2D eigenvalue weighted by atomic mass is 35.5. The minimum atomic E-state index is -0.250. The Labute approximate surface area is 177 Å². The highest BCUT2D eigenvalue weighted by Crippen LogP contribution is 2.23. The third-order valence-corrected chi connectivity index (χ3v) is 6.00. The number of aryl methyl sites for hydroxylation is 3. The quantitative estimate of drug-likeness (QED) is 0.480. The Morgan fingerprint density at radius 1 is 0.966 bits per heavy atom. The molecule has 0 saturated carbocycles. The van der Waals surface area contributed by atoms with Crippen molar-refractivity contribution < 1.29 is 4.39 Å². The maximum absolute atomic E-state index is 14.6. The monoisotopic (exact) mass is 408 g/mol. The number of likely N-dealkylation sites (tertiary alicyclic amines) is 1. The van der Waals surface area contributed by atoms with E-state index >= 15 is 0 Å². The van der Waals surface area contributed by atoms with Crippen molar-refractivity contribution in [2.45, 2.75) is 39.2 Å². The molecule has 1 saturated heterocycles. The van der Waals surface area contributed by atoms with Gasteiger partial charge in [-0.25, -0.2) is 4.39 Å². The maximum atomic E-state index is 14.6. The summed E-state index contributed by atoms with van der Waals surface area (Å²) in [4.78, 5) is 6.90. The summed E-state index contributed by atoms with van der Waals surface area (Å²) in [7, 11) is 0. The lowest BCUT2D eigenvalue weighted by Crippen LogP contribution is -2.19. The van der Waals surface area contributed by atoms with Crippen LogP contribution in [0, 0.1) is 12.7 Å². The van der Waals surface area contributed by atoms with Gasteiger partial charge in [-0.3, -0.25) is 9.88 Å². The summed E-state index contributed by atoms with van der Waals surface area (Å²) < 4.78 is 14.6. The van der Waals surface area contributed by atoms with Gasteiger partial charge >= 0.3 is 0 Å². The van der Waals surface area contributed by atoms with Crippen LogP contribution in [0.1, 0.15) is 35.2 Å². The molecule has 0 unspecified atom stereocenters. The van der Waals surface area contributed by atoms with Gasteiger partial charge in [0.25, 0.3) is 0 Å². The van der Waals surface area contributed by atoms with Crippen molar-refractivity contribution in [1.29, 1.82) is 0 Å². The van der Waals surface area contributed by atoms with Gasteiger partial charge in [0.15, 0.2) is 0 Å². The summed E-state index contributed by atoms with van der Waals surface area (Å²) in [6, 6.07) is 15.6. The number of nitrogens with zero attached hydrogens (tertiary/aromatic N) is 2. The van der Waals surface area contributed by atoms with Crippen LogP contribution >= 0.6 is 11.6 Å². The maximum Gasteiger partial charge on any atom is 0.145 e. The fourth-order valence-electron chi connectivity index (χ4n) is 3.99. The average Bonchev–Trinajstić information content (AvgIpc) is 3.23. The summed E-state index contributed by atoms with van der Waals surface area (Å²) in [6.45, 7) is 5.62. The Hall–Kier alpha value is -2.23. The van der Waals surface area contributed by atoms with Crippen LogP contribution in [0.4, 0.5) is 4.39 Å². The molecule has 1 aliphatic rings. The van der Waals surface area contributed by atoms with E-state index < -0.39 is 0 Å². The van der Waals surface area contributed by atoms with E-state index in [1.54, 1.807) is 24.4 Å². The topological polar surface area (TPSA) is 16.1 Å². The molecule has 4 rings (SSSR count). The van der Waals surface area contributed by atoms with Gasteiger partial charge in [-0.1, -0.05) is 41.9 Å². The van der Waals surface area contributed by atoms with Crippen molar-refractivity contribution in [1.82, 2.24) is 9.88 Å². The van der Waals surface area contributed by atoms with Gasteiger partial charge in [0.1, 0.15) is 5.82 Å². The summed E-state index contributed by atoms with van der Waals surface area (Å²) in [5.74, 6) is -0.250. The molecule has 1 aliphatic heterocycles. The summed E-state index contributed by atoms with van der Waals surface area (Å²) in [6.07, 6.45) is 5.75. The number of benzene rings is 2. The van der Waals surface area contributed by atoms with Gasteiger partial charge in [-0.05, 0) is 86.1 Å². The first kappa shape index (κ1) is 20.1. The Kier molecular flexibility index (Phi) is 6.27. The minimum Gasteiger partial charge on any atom is -0.299 e. The van der Waals surface area contributed by atoms with E-state index in [9.17, 15) is 4.39 Å². The lowest BCUT2D eigenvalue weighted by Gasteiger charge is -2.17. The number of pyridine rings is 1. The van der Waals surface area contributed by atoms with Crippen LogP contribution in [0.25, 0.3) is 11.1 Å². The molecule has 150 valence electrons. The van der Waals surface area contributed by atoms with E-state index in [0.29, 0.717) is 17.1 Å². The number of aromatic nitrogens is 1. The average molecular weight is 409 g/mol.